The molecular weight excluding hydrogens is 323 g/mol. The predicted molar refractivity (Wildman–Crippen MR) is 86.6 cm³/mol. The first-order valence-electron chi connectivity index (χ1n) is 9.02. The van der Waals surface area contributed by atoms with Crippen molar-refractivity contribution >= 4 is 0 Å². The third-order valence-electron chi connectivity index (χ3n) is 4.01. The molecule has 1 N–H and O–H groups in total. The van der Waals surface area contributed by atoms with E-state index in [1.165, 1.54) is 96.3 Å². The third-order valence-corrected chi connectivity index (χ3v) is 4.01. The zero-order chi connectivity index (χ0) is 14.0. The Morgan fingerprint density at radius 2 is 0.700 bits per heavy atom. The summed E-state index contributed by atoms with van der Waals surface area (Å²) < 4.78 is 0. The minimum Gasteiger partial charge on any atom is -0.396 e. The van der Waals surface area contributed by atoms with Gasteiger partial charge >= 0.3 is 0 Å². The quantitative estimate of drug-likeness (QED) is 0.323. The molecule has 0 amide bonds. The number of hydrogen-bond donors (Lipinski definition) is 1. The topological polar surface area (TPSA) is 20.2 Å². The Kier molecular flexibility index (Phi) is 25.6. The Labute approximate surface area is 147 Å². The maximum atomic E-state index is 8.67. The average molecular weight is 362 g/mol. The molecule has 0 aliphatic heterocycles. The van der Waals surface area contributed by atoms with Gasteiger partial charge in [0.1, 0.15) is 0 Å². The molecule has 20 heavy (non-hydrogen) atoms. The first-order chi connectivity index (χ1) is 9.41. The van der Waals surface area contributed by atoms with Crippen LogP contribution in [-0.2, 0) is 26.2 Å². The zero-order valence-electron chi connectivity index (χ0n) is 14.0. The van der Waals surface area contributed by atoms with Crippen LogP contribution in [0.25, 0.3) is 0 Å². The van der Waals surface area contributed by atoms with E-state index < -0.39 is 0 Å². The molecule has 0 aromatic rings. The van der Waals surface area contributed by atoms with Crippen LogP contribution in [0.5, 0.6) is 0 Å². The van der Waals surface area contributed by atoms with Crippen molar-refractivity contribution < 1.29 is 31.3 Å². The summed E-state index contributed by atoms with van der Waals surface area (Å²) in [6.07, 6.45) is 22.2. The molecule has 0 aliphatic rings. The molecule has 0 heterocycles. The first kappa shape index (κ1) is 23.1. The molecule has 2 heteroatoms. The van der Waals surface area contributed by atoms with E-state index >= 15 is 0 Å². The van der Waals surface area contributed by atoms with Gasteiger partial charge in [-0.25, -0.2) is 0 Å². The van der Waals surface area contributed by atoms with Crippen LogP contribution >= 0.6 is 0 Å². The minimum absolute atomic E-state index is 0. The molecule has 0 saturated carbocycles. The summed E-state index contributed by atoms with van der Waals surface area (Å²) in [4.78, 5) is 0. The monoisotopic (exact) mass is 360 g/mol. The first-order valence-corrected chi connectivity index (χ1v) is 9.02. The molecule has 0 aromatic heterocycles. The summed E-state index contributed by atoms with van der Waals surface area (Å²) in [6.45, 7) is 2.66. The predicted octanol–water partition coefficient (Wildman–Crippen LogP) is 6.24. The normalized spacial score (nSPS) is 10.5. The Morgan fingerprint density at radius 1 is 0.450 bits per heavy atom. The molecule has 0 fully saturated rings. The SMILES string of the molecule is CCCCCCCCCCCCCCCCCCO.[Zr]. The molecule has 0 aromatic carbocycles. The molecule has 0 spiro atoms. The Bertz CT molecular complexity index is 134. The molecule has 0 atom stereocenters. The molecule has 0 rings (SSSR count). The van der Waals surface area contributed by atoms with E-state index in [-0.39, 0.29) is 26.2 Å². The summed E-state index contributed by atoms with van der Waals surface area (Å²) in [7, 11) is 0. The van der Waals surface area contributed by atoms with Crippen LogP contribution in [-0.4, -0.2) is 11.7 Å². The van der Waals surface area contributed by atoms with E-state index in [4.69, 9.17) is 5.11 Å². The summed E-state index contributed by atoms with van der Waals surface area (Å²) >= 11 is 0. The van der Waals surface area contributed by atoms with Gasteiger partial charge in [-0.05, 0) is 6.42 Å². The minimum atomic E-state index is 0. The summed E-state index contributed by atoms with van der Waals surface area (Å²) in [5, 5.41) is 8.67. The van der Waals surface area contributed by atoms with Crippen molar-refractivity contribution in [3.8, 4) is 0 Å². The van der Waals surface area contributed by atoms with Gasteiger partial charge in [0.15, 0.2) is 0 Å². The van der Waals surface area contributed by atoms with Gasteiger partial charge < -0.3 is 5.11 Å². The summed E-state index contributed by atoms with van der Waals surface area (Å²) in [5.41, 5.74) is 0. The maximum Gasteiger partial charge on any atom is 0.0431 e. The van der Waals surface area contributed by atoms with E-state index in [2.05, 4.69) is 6.92 Å². The third kappa shape index (κ3) is 21.1. The van der Waals surface area contributed by atoms with Gasteiger partial charge in [-0.2, -0.15) is 0 Å². The van der Waals surface area contributed by atoms with Crippen molar-refractivity contribution in [1.82, 2.24) is 0 Å². The van der Waals surface area contributed by atoms with Crippen LogP contribution < -0.4 is 0 Å². The van der Waals surface area contributed by atoms with Gasteiger partial charge in [0.05, 0.1) is 0 Å². The summed E-state index contributed by atoms with van der Waals surface area (Å²) in [6, 6.07) is 0. The second-order valence-electron chi connectivity index (χ2n) is 6.03. The number of unbranched alkanes of at least 4 members (excludes halogenated alkanes) is 15. The van der Waals surface area contributed by atoms with E-state index in [1.807, 2.05) is 0 Å². The van der Waals surface area contributed by atoms with Crippen LogP contribution in [0, 0.1) is 0 Å². The zero-order valence-corrected chi connectivity index (χ0v) is 16.4. The van der Waals surface area contributed by atoms with E-state index in [0.717, 1.165) is 6.42 Å². The number of aliphatic hydroxyl groups is 1. The Balaban J connectivity index is 0. The second-order valence-corrected chi connectivity index (χ2v) is 6.03. The van der Waals surface area contributed by atoms with Crippen molar-refractivity contribution in [3.05, 3.63) is 0 Å². The van der Waals surface area contributed by atoms with Crippen molar-refractivity contribution in [2.24, 2.45) is 0 Å². The molecular formula is C18H38OZr. The van der Waals surface area contributed by atoms with Gasteiger partial charge in [0.2, 0.25) is 0 Å². The number of aliphatic hydroxyl groups excluding tert-OH is 1. The smallest absolute Gasteiger partial charge is 0.0431 e. The van der Waals surface area contributed by atoms with Crippen LogP contribution in [0.2, 0.25) is 0 Å². The molecule has 0 bridgehead atoms. The Hall–Kier alpha value is 0.843. The van der Waals surface area contributed by atoms with E-state index in [0.29, 0.717) is 6.61 Å². The van der Waals surface area contributed by atoms with E-state index in [1.54, 1.807) is 0 Å². The van der Waals surface area contributed by atoms with Crippen LogP contribution in [0.15, 0.2) is 0 Å². The van der Waals surface area contributed by atoms with Gasteiger partial charge in [-0.15, -0.1) is 0 Å². The molecule has 120 valence electrons. The van der Waals surface area contributed by atoms with Crippen LogP contribution in [0.3, 0.4) is 0 Å². The molecule has 0 aliphatic carbocycles. The van der Waals surface area contributed by atoms with Crippen LogP contribution in [0.4, 0.5) is 0 Å². The van der Waals surface area contributed by atoms with Crippen molar-refractivity contribution in [3.63, 3.8) is 0 Å². The average Bonchev–Trinajstić information content (AvgIpc) is 2.43. The fourth-order valence-electron chi connectivity index (χ4n) is 2.66. The number of hydrogen-bond acceptors (Lipinski definition) is 1. The molecule has 0 radical (unpaired) electrons. The molecule has 0 saturated heterocycles. The van der Waals surface area contributed by atoms with Crippen molar-refractivity contribution in [2.45, 2.75) is 110 Å². The van der Waals surface area contributed by atoms with Crippen molar-refractivity contribution in [1.29, 1.82) is 0 Å². The fraction of sp³-hybridized carbons (Fsp3) is 1.00. The van der Waals surface area contributed by atoms with Crippen LogP contribution in [0.1, 0.15) is 110 Å². The summed E-state index contributed by atoms with van der Waals surface area (Å²) in [5.74, 6) is 0. The maximum absolute atomic E-state index is 8.67. The van der Waals surface area contributed by atoms with Gasteiger partial charge in [-0.3, -0.25) is 0 Å². The molecule has 0 unspecified atom stereocenters. The van der Waals surface area contributed by atoms with Gasteiger partial charge in [-0.1, -0.05) is 103 Å². The standard InChI is InChI=1S/C18H38O.Zr/c1-2-3-4-5-6-7-8-9-10-11-12-13-14-15-16-17-18-19;/h19H,2-18H2,1H3;. The van der Waals surface area contributed by atoms with Gasteiger partial charge in [0, 0.05) is 32.8 Å². The fourth-order valence-corrected chi connectivity index (χ4v) is 2.66. The number of rotatable bonds is 16. The van der Waals surface area contributed by atoms with E-state index in [9.17, 15) is 0 Å². The Morgan fingerprint density at radius 3 is 0.950 bits per heavy atom. The van der Waals surface area contributed by atoms with Gasteiger partial charge in [0.25, 0.3) is 0 Å². The largest absolute Gasteiger partial charge is 0.396 e. The second kappa shape index (κ2) is 22.1. The molecule has 1 nitrogen and oxygen atoms in total. The van der Waals surface area contributed by atoms with Crippen molar-refractivity contribution in [2.75, 3.05) is 6.61 Å².